The fourth-order valence-corrected chi connectivity index (χ4v) is 3.86. The molecule has 1 heterocycles. The summed E-state index contributed by atoms with van der Waals surface area (Å²) in [5.41, 5.74) is 1.31. The highest BCUT2D eigenvalue weighted by molar-refractivity contribution is 5.81. The molecule has 1 aliphatic heterocycles. The smallest absolute Gasteiger partial charge is 0.237 e. The molecular formula is C20H31N3O2. The van der Waals surface area contributed by atoms with Crippen LogP contribution in [0.5, 0.6) is 5.75 Å². The molecule has 1 aromatic rings. The van der Waals surface area contributed by atoms with Crippen LogP contribution in [0.25, 0.3) is 0 Å². The highest BCUT2D eigenvalue weighted by atomic mass is 16.5. The zero-order chi connectivity index (χ0) is 17.6. The number of carbonyl (C=O) groups excluding carboxylic acids is 1. The lowest BCUT2D eigenvalue weighted by Gasteiger charge is -2.37. The fraction of sp³-hybridized carbons (Fsp3) is 0.650. The Balaban J connectivity index is 1.43. The van der Waals surface area contributed by atoms with Gasteiger partial charge in [-0.2, -0.15) is 0 Å². The molecule has 1 N–H and O–H groups in total. The van der Waals surface area contributed by atoms with E-state index in [0.29, 0.717) is 6.04 Å². The molecule has 0 spiro atoms. The van der Waals surface area contributed by atoms with Gasteiger partial charge in [0.15, 0.2) is 0 Å². The summed E-state index contributed by atoms with van der Waals surface area (Å²) in [6.07, 6.45) is 4.80. The number of benzene rings is 1. The van der Waals surface area contributed by atoms with Crippen LogP contribution in [-0.2, 0) is 11.3 Å². The van der Waals surface area contributed by atoms with E-state index in [4.69, 9.17) is 4.74 Å². The summed E-state index contributed by atoms with van der Waals surface area (Å²) < 4.78 is 5.21. The number of amides is 1. The Morgan fingerprint density at radius 2 is 1.80 bits per heavy atom. The molecule has 5 heteroatoms. The molecule has 3 rings (SSSR count). The highest BCUT2D eigenvalue weighted by Gasteiger charge is 2.27. The van der Waals surface area contributed by atoms with Crippen molar-refractivity contribution in [3.8, 4) is 5.75 Å². The average Bonchev–Trinajstić information content (AvgIpc) is 3.15. The van der Waals surface area contributed by atoms with Gasteiger partial charge in [0, 0.05) is 38.8 Å². The number of hydrogen-bond acceptors (Lipinski definition) is 4. The molecule has 1 aromatic carbocycles. The zero-order valence-corrected chi connectivity index (χ0v) is 15.5. The molecule has 138 valence electrons. The highest BCUT2D eigenvalue weighted by Crippen LogP contribution is 2.18. The molecule has 0 bridgehead atoms. The van der Waals surface area contributed by atoms with Crippen LogP contribution < -0.4 is 10.1 Å². The van der Waals surface area contributed by atoms with E-state index in [-0.39, 0.29) is 11.9 Å². The minimum absolute atomic E-state index is 0.0243. The number of hydrogen-bond donors (Lipinski definition) is 1. The second-order valence-corrected chi connectivity index (χ2v) is 7.33. The zero-order valence-electron chi connectivity index (χ0n) is 15.5. The van der Waals surface area contributed by atoms with Gasteiger partial charge in [0.05, 0.1) is 13.2 Å². The van der Waals surface area contributed by atoms with E-state index < -0.39 is 0 Å². The van der Waals surface area contributed by atoms with Crippen LogP contribution in [0.1, 0.15) is 38.2 Å². The molecule has 2 fully saturated rings. The summed E-state index contributed by atoms with van der Waals surface area (Å²) in [7, 11) is 1.69. The standard InChI is InChI=1S/C20H31N3O2/c1-16(20(24)21-18-5-3-4-6-18)23-13-11-22(12-14-23)15-17-7-9-19(25-2)10-8-17/h7-10,16,18H,3-6,11-15H2,1-2H3,(H,21,24)/t16-/m0/s1. The molecule has 1 atom stereocenters. The number of ether oxygens (including phenoxy) is 1. The topological polar surface area (TPSA) is 44.8 Å². The quantitative estimate of drug-likeness (QED) is 0.859. The number of methoxy groups -OCH3 is 1. The number of nitrogens with zero attached hydrogens (tertiary/aromatic N) is 2. The molecule has 0 aromatic heterocycles. The van der Waals surface area contributed by atoms with E-state index in [1.165, 1.54) is 18.4 Å². The third-order valence-corrected chi connectivity index (χ3v) is 5.60. The molecule has 25 heavy (non-hydrogen) atoms. The minimum atomic E-state index is -0.0243. The van der Waals surface area contributed by atoms with E-state index in [2.05, 4.69) is 27.2 Å². The first-order valence-corrected chi connectivity index (χ1v) is 9.55. The number of nitrogens with one attached hydrogen (secondary N) is 1. The van der Waals surface area contributed by atoms with E-state index in [1.54, 1.807) is 7.11 Å². The molecular weight excluding hydrogens is 314 g/mol. The van der Waals surface area contributed by atoms with Crippen LogP contribution in [-0.4, -0.2) is 61.1 Å². The van der Waals surface area contributed by atoms with Crippen molar-refractivity contribution in [3.63, 3.8) is 0 Å². The second kappa shape index (κ2) is 8.68. The Labute approximate surface area is 151 Å². The first kappa shape index (κ1) is 18.2. The second-order valence-electron chi connectivity index (χ2n) is 7.33. The Morgan fingerprint density at radius 1 is 1.16 bits per heavy atom. The maximum absolute atomic E-state index is 12.5. The van der Waals surface area contributed by atoms with Gasteiger partial charge in [-0.3, -0.25) is 14.6 Å². The lowest BCUT2D eigenvalue weighted by atomic mass is 10.1. The third kappa shape index (κ3) is 4.95. The number of rotatable bonds is 6. The Kier molecular flexibility index (Phi) is 6.32. The fourth-order valence-electron chi connectivity index (χ4n) is 3.86. The van der Waals surface area contributed by atoms with Crippen LogP contribution >= 0.6 is 0 Å². The maximum Gasteiger partial charge on any atom is 0.237 e. The van der Waals surface area contributed by atoms with Crippen molar-refractivity contribution in [2.75, 3.05) is 33.3 Å². The van der Waals surface area contributed by atoms with Gasteiger partial charge in [0.2, 0.25) is 5.91 Å². The van der Waals surface area contributed by atoms with Crippen molar-refractivity contribution in [1.82, 2.24) is 15.1 Å². The summed E-state index contributed by atoms with van der Waals surface area (Å²) in [6, 6.07) is 8.67. The van der Waals surface area contributed by atoms with E-state index in [9.17, 15) is 4.79 Å². The van der Waals surface area contributed by atoms with Gasteiger partial charge >= 0.3 is 0 Å². The molecule has 1 saturated carbocycles. The Bertz CT molecular complexity index is 547. The lowest BCUT2D eigenvalue weighted by molar-refractivity contribution is -0.127. The van der Waals surface area contributed by atoms with Gasteiger partial charge in [-0.05, 0) is 37.5 Å². The summed E-state index contributed by atoms with van der Waals surface area (Å²) in [6.45, 7) is 6.93. The van der Waals surface area contributed by atoms with Gasteiger partial charge in [-0.15, -0.1) is 0 Å². The van der Waals surface area contributed by atoms with Crippen LogP contribution in [0, 0.1) is 0 Å². The molecule has 1 amide bonds. The normalized spacial score (nSPS) is 21.2. The summed E-state index contributed by atoms with van der Waals surface area (Å²) in [5.74, 6) is 1.10. The summed E-state index contributed by atoms with van der Waals surface area (Å²) >= 11 is 0. The predicted molar refractivity (Wildman–Crippen MR) is 99.7 cm³/mol. The van der Waals surface area contributed by atoms with Gasteiger partial charge in [0.25, 0.3) is 0 Å². The van der Waals surface area contributed by atoms with Crippen LogP contribution in [0.15, 0.2) is 24.3 Å². The monoisotopic (exact) mass is 345 g/mol. The van der Waals surface area contributed by atoms with E-state index >= 15 is 0 Å². The molecule has 0 unspecified atom stereocenters. The minimum Gasteiger partial charge on any atom is -0.497 e. The van der Waals surface area contributed by atoms with Crippen molar-refractivity contribution < 1.29 is 9.53 Å². The SMILES string of the molecule is COc1ccc(CN2CCN([C@@H](C)C(=O)NC3CCCC3)CC2)cc1. The van der Waals surface area contributed by atoms with Crippen molar-refractivity contribution in [1.29, 1.82) is 0 Å². The van der Waals surface area contributed by atoms with Crippen molar-refractivity contribution in [3.05, 3.63) is 29.8 Å². The van der Waals surface area contributed by atoms with Gasteiger partial charge in [-0.1, -0.05) is 25.0 Å². The third-order valence-electron chi connectivity index (χ3n) is 5.60. The average molecular weight is 345 g/mol. The first-order chi connectivity index (χ1) is 12.2. The number of piperazine rings is 1. The van der Waals surface area contributed by atoms with Gasteiger partial charge in [-0.25, -0.2) is 0 Å². The molecule has 2 aliphatic rings. The first-order valence-electron chi connectivity index (χ1n) is 9.55. The molecule has 0 radical (unpaired) electrons. The molecule has 5 nitrogen and oxygen atoms in total. The summed E-state index contributed by atoms with van der Waals surface area (Å²) in [5, 5.41) is 3.23. The maximum atomic E-state index is 12.5. The van der Waals surface area contributed by atoms with E-state index in [1.807, 2.05) is 19.1 Å². The van der Waals surface area contributed by atoms with Gasteiger partial charge < -0.3 is 10.1 Å². The molecule has 1 aliphatic carbocycles. The van der Waals surface area contributed by atoms with Crippen LogP contribution in [0.4, 0.5) is 0 Å². The van der Waals surface area contributed by atoms with Crippen LogP contribution in [0.3, 0.4) is 0 Å². The van der Waals surface area contributed by atoms with Crippen molar-refractivity contribution >= 4 is 5.91 Å². The van der Waals surface area contributed by atoms with Crippen molar-refractivity contribution in [2.24, 2.45) is 0 Å². The Morgan fingerprint density at radius 3 is 2.40 bits per heavy atom. The Hall–Kier alpha value is -1.59. The van der Waals surface area contributed by atoms with Crippen LogP contribution in [0.2, 0.25) is 0 Å². The van der Waals surface area contributed by atoms with E-state index in [0.717, 1.165) is 51.3 Å². The lowest BCUT2D eigenvalue weighted by Crippen LogP contribution is -2.54. The van der Waals surface area contributed by atoms with Crippen molar-refractivity contribution in [2.45, 2.75) is 51.2 Å². The summed E-state index contributed by atoms with van der Waals surface area (Å²) in [4.78, 5) is 17.2. The largest absolute Gasteiger partial charge is 0.497 e. The predicted octanol–water partition coefficient (Wildman–Crippen LogP) is 2.26. The number of carbonyl (C=O) groups is 1. The van der Waals surface area contributed by atoms with Gasteiger partial charge in [0.1, 0.15) is 5.75 Å². The molecule has 1 saturated heterocycles.